The summed E-state index contributed by atoms with van der Waals surface area (Å²) < 4.78 is 18.6. The lowest BCUT2D eigenvalue weighted by atomic mass is 10.1. The molecule has 0 spiro atoms. The first-order valence-corrected chi connectivity index (χ1v) is 5.62. The summed E-state index contributed by atoms with van der Waals surface area (Å²) in [6.45, 7) is 0. The number of furan rings is 1. The Morgan fingerprint density at radius 2 is 2.12 bits per heavy atom. The SMILES string of the molecule is OC(c1ccc(F)cc1Cl)c1occc1Br. The first kappa shape index (κ1) is 11.6. The van der Waals surface area contributed by atoms with E-state index in [9.17, 15) is 9.50 Å². The molecule has 0 radical (unpaired) electrons. The van der Waals surface area contributed by atoms with Gasteiger partial charge in [0.2, 0.25) is 0 Å². The molecule has 0 amide bonds. The number of hydrogen-bond acceptors (Lipinski definition) is 2. The second-order valence-corrected chi connectivity index (χ2v) is 4.46. The minimum Gasteiger partial charge on any atom is -0.465 e. The first-order chi connectivity index (χ1) is 7.59. The van der Waals surface area contributed by atoms with Crippen molar-refractivity contribution in [3.8, 4) is 0 Å². The van der Waals surface area contributed by atoms with E-state index in [1.54, 1.807) is 6.07 Å². The van der Waals surface area contributed by atoms with Gasteiger partial charge >= 0.3 is 0 Å². The quantitative estimate of drug-likeness (QED) is 0.912. The summed E-state index contributed by atoms with van der Waals surface area (Å²) in [5, 5.41) is 10.2. The van der Waals surface area contributed by atoms with E-state index in [1.165, 1.54) is 18.4 Å². The second-order valence-electron chi connectivity index (χ2n) is 3.20. The minimum atomic E-state index is -1.02. The predicted molar refractivity (Wildman–Crippen MR) is 61.9 cm³/mol. The molecule has 2 aromatic rings. The summed E-state index contributed by atoms with van der Waals surface area (Å²) in [5.74, 6) is -0.104. The van der Waals surface area contributed by atoms with Gasteiger partial charge in [0.25, 0.3) is 0 Å². The number of aliphatic hydroxyl groups is 1. The van der Waals surface area contributed by atoms with Gasteiger partial charge < -0.3 is 9.52 Å². The van der Waals surface area contributed by atoms with E-state index in [0.29, 0.717) is 15.8 Å². The fourth-order valence-electron chi connectivity index (χ4n) is 1.37. The van der Waals surface area contributed by atoms with Crippen molar-refractivity contribution in [3.63, 3.8) is 0 Å². The molecule has 84 valence electrons. The molecule has 1 atom stereocenters. The van der Waals surface area contributed by atoms with Crippen molar-refractivity contribution in [3.05, 3.63) is 57.2 Å². The molecule has 0 saturated heterocycles. The Kier molecular flexibility index (Phi) is 3.33. The van der Waals surface area contributed by atoms with E-state index in [1.807, 2.05) is 0 Å². The van der Waals surface area contributed by atoms with Crippen LogP contribution < -0.4 is 0 Å². The third-order valence-electron chi connectivity index (χ3n) is 2.15. The predicted octanol–water partition coefficient (Wildman–Crippen LogP) is 3.92. The fourth-order valence-corrected chi connectivity index (χ4v) is 2.05. The standard InChI is InChI=1S/C11H7BrClFO2/c12-8-3-4-16-11(8)10(15)7-2-1-6(14)5-9(7)13/h1-5,10,15H. The van der Waals surface area contributed by atoms with Crippen LogP contribution >= 0.6 is 27.5 Å². The Morgan fingerprint density at radius 1 is 1.38 bits per heavy atom. The maximum Gasteiger partial charge on any atom is 0.151 e. The van der Waals surface area contributed by atoms with Gasteiger partial charge in [0.05, 0.1) is 10.7 Å². The summed E-state index contributed by atoms with van der Waals surface area (Å²) in [7, 11) is 0. The van der Waals surface area contributed by atoms with Gasteiger partial charge in [-0.3, -0.25) is 0 Å². The Bertz CT molecular complexity index is 512. The zero-order valence-electron chi connectivity index (χ0n) is 7.95. The van der Waals surface area contributed by atoms with Crippen LogP contribution in [-0.2, 0) is 0 Å². The van der Waals surface area contributed by atoms with E-state index in [2.05, 4.69) is 15.9 Å². The molecule has 0 aliphatic carbocycles. The second kappa shape index (κ2) is 4.57. The van der Waals surface area contributed by atoms with Gasteiger partial charge in [-0.15, -0.1) is 0 Å². The van der Waals surface area contributed by atoms with Gasteiger partial charge in [-0.1, -0.05) is 17.7 Å². The minimum absolute atomic E-state index is 0.163. The number of benzene rings is 1. The zero-order chi connectivity index (χ0) is 11.7. The van der Waals surface area contributed by atoms with Crippen molar-refractivity contribution in [1.29, 1.82) is 0 Å². The molecule has 1 N–H and O–H groups in total. The molecule has 1 aromatic heterocycles. The van der Waals surface area contributed by atoms with Gasteiger partial charge in [0.1, 0.15) is 11.9 Å². The van der Waals surface area contributed by atoms with Crippen LogP contribution in [-0.4, -0.2) is 5.11 Å². The van der Waals surface area contributed by atoms with Crippen molar-refractivity contribution in [2.45, 2.75) is 6.10 Å². The highest BCUT2D eigenvalue weighted by atomic mass is 79.9. The molecule has 2 rings (SSSR count). The highest BCUT2D eigenvalue weighted by Crippen LogP contribution is 2.33. The molecule has 0 aliphatic heterocycles. The molecule has 0 bridgehead atoms. The molecule has 2 nitrogen and oxygen atoms in total. The van der Waals surface area contributed by atoms with Crippen LogP contribution in [0.2, 0.25) is 5.02 Å². The monoisotopic (exact) mass is 304 g/mol. The Balaban J connectivity index is 2.41. The van der Waals surface area contributed by atoms with Crippen LogP contribution in [0.1, 0.15) is 17.4 Å². The summed E-state index contributed by atoms with van der Waals surface area (Å²) in [5.41, 5.74) is 0.402. The average Bonchev–Trinajstić information content (AvgIpc) is 2.63. The van der Waals surface area contributed by atoms with Crippen LogP contribution in [0.3, 0.4) is 0 Å². The molecule has 5 heteroatoms. The third-order valence-corrected chi connectivity index (χ3v) is 3.13. The summed E-state index contributed by atoms with van der Waals surface area (Å²) in [4.78, 5) is 0. The lowest BCUT2D eigenvalue weighted by Gasteiger charge is -2.10. The smallest absolute Gasteiger partial charge is 0.151 e. The van der Waals surface area contributed by atoms with Gasteiger partial charge in [0.15, 0.2) is 5.76 Å². The molecule has 0 saturated carbocycles. The van der Waals surface area contributed by atoms with Crippen molar-refractivity contribution < 1.29 is 13.9 Å². The van der Waals surface area contributed by atoms with E-state index < -0.39 is 11.9 Å². The zero-order valence-corrected chi connectivity index (χ0v) is 10.3. The van der Waals surface area contributed by atoms with Crippen LogP contribution in [0.25, 0.3) is 0 Å². The maximum atomic E-state index is 12.8. The van der Waals surface area contributed by atoms with E-state index in [-0.39, 0.29) is 5.02 Å². The number of hydrogen-bond donors (Lipinski definition) is 1. The van der Waals surface area contributed by atoms with Crippen LogP contribution in [0.4, 0.5) is 4.39 Å². The highest BCUT2D eigenvalue weighted by molar-refractivity contribution is 9.10. The Morgan fingerprint density at radius 3 is 2.69 bits per heavy atom. The fraction of sp³-hybridized carbons (Fsp3) is 0.0909. The van der Waals surface area contributed by atoms with Crippen molar-refractivity contribution >= 4 is 27.5 Å². The van der Waals surface area contributed by atoms with Crippen molar-refractivity contribution in [2.24, 2.45) is 0 Å². The molecule has 16 heavy (non-hydrogen) atoms. The molecule has 0 fully saturated rings. The maximum absolute atomic E-state index is 12.8. The molecule has 1 unspecified atom stereocenters. The largest absolute Gasteiger partial charge is 0.465 e. The number of aliphatic hydroxyl groups excluding tert-OH is 1. The third kappa shape index (κ3) is 2.14. The van der Waals surface area contributed by atoms with Crippen LogP contribution in [0.5, 0.6) is 0 Å². The Hall–Kier alpha value is -0.840. The lowest BCUT2D eigenvalue weighted by molar-refractivity contribution is 0.188. The van der Waals surface area contributed by atoms with Gasteiger partial charge in [-0.25, -0.2) is 4.39 Å². The molecule has 1 aromatic carbocycles. The van der Waals surface area contributed by atoms with Gasteiger partial charge in [0, 0.05) is 10.6 Å². The van der Waals surface area contributed by atoms with Crippen LogP contribution in [0.15, 0.2) is 39.4 Å². The van der Waals surface area contributed by atoms with E-state index >= 15 is 0 Å². The molecular formula is C11H7BrClFO2. The molecular weight excluding hydrogens is 298 g/mol. The molecule has 1 heterocycles. The van der Waals surface area contributed by atoms with Crippen molar-refractivity contribution in [1.82, 2.24) is 0 Å². The van der Waals surface area contributed by atoms with E-state index in [4.69, 9.17) is 16.0 Å². The lowest BCUT2D eigenvalue weighted by Crippen LogP contribution is -2.00. The summed E-state index contributed by atoms with van der Waals surface area (Å²) in [6, 6.07) is 5.48. The van der Waals surface area contributed by atoms with E-state index in [0.717, 1.165) is 6.07 Å². The number of halogens is 3. The topological polar surface area (TPSA) is 33.4 Å². The van der Waals surface area contributed by atoms with Crippen molar-refractivity contribution in [2.75, 3.05) is 0 Å². The van der Waals surface area contributed by atoms with Crippen LogP contribution in [0, 0.1) is 5.82 Å². The highest BCUT2D eigenvalue weighted by Gasteiger charge is 2.19. The van der Waals surface area contributed by atoms with Gasteiger partial charge in [-0.05, 0) is 34.1 Å². The van der Waals surface area contributed by atoms with Gasteiger partial charge in [-0.2, -0.15) is 0 Å². The normalized spacial score (nSPS) is 12.8. The Labute approximate surface area is 105 Å². The molecule has 0 aliphatic rings. The number of rotatable bonds is 2. The summed E-state index contributed by atoms with van der Waals surface area (Å²) >= 11 is 9.07. The first-order valence-electron chi connectivity index (χ1n) is 4.45. The summed E-state index contributed by atoms with van der Waals surface area (Å²) in [6.07, 6.45) is 0.428. The average molecular weight is 306 g/mol.